The molecule has 0 aromatic heterocycles. The Morgan fingerprint density at radius 1 is 1.05 bits per heavy atom. The molecule has 0 N–H and O–H groups in total. The predicted molar refractivity (Wildman–Crippen MR) is 95.2 cm³/mol. The van der Waals surface area contributed by atoms with Crippen molar-refractivity contribution in [3.8, 4) is 0 Å². The first-order chi connectivity index (χ1) is 9.47. The predicted octanol–water partition coefficient (Wildman–Crippen LogP) is 5.85. The van der Waals surface area contributed by atoms with Gasteiger partial charge in [0.2, 0.25) is 0 Å². The van der Waals surface area contributed by atoms with E-state index in [0.717, 1.165) is 5.92 Å². The molecule has 0 atom stereocenters. The minimum Gasteiger partial charge on any atom is -0.304 e. The van der Waals surface area contributed by atoms with Gasteiger partial charge in [-0.3, -0.25) is 0 Å². The Morgan fingerprint density at radius 3 is 1.85 bits per heavy atom. The molecular weight excluding hydrogens is 242 g/mol. The molecule has 1 heteroatoms. The molecule has 0 spiro atoms. The fraction of sp³-hybridized carbons (Fsp3) is 0.684. The van der Waals surface area contributed by atoms with Crippen molar-refractivity contribution in [2.75, 3.05) is 19.6 Å². The highest BCUT2D eigenvalue weighted by atomic mass is 15.1. The van der Waals surface area contributed by atoms with Gasteiger partial charge < -0.3 is 4.90 Å². The van der Waals surface area contributed by atoms with E-state index in [4.69, 9.17) is 0 Å². The Hall–Kier alpha value is -0.820. The standard InChI is InChI=1S/C9H14.C6H13N.C4H10/c1-4-6-8-9(3)7-5-2;1-2-7-5-3-4-6-7;1-4(2)3/h4-8H,1-3H3;2-6H2,1H3;4H,1-3H3/b6-4-,7-5-,9-8-;;. The number of hydrogen-bond donors (Lipinski definition) is 0. The second-order valence-corrected chi connectivity index (χ2v) is 5.81. The number of hydrogen-bond acceptors (Lipinski definition) is 1. The zero-order valence-electron chi connectivity index (χ0n) is 14.9. The van der Waals surface area contributed by atoms with Gasteiger partial charge in [-0.2, -0.15) is 0 Å². The van der Waals surface area contributed by atoms with Crippen molar-refractivity contribution in [2.45, 2.75) is 61.3 Å². The van der Waals surface area contributed by atoms with Crippen LogP contribution >= 0.6 is 0 Å². The average Bonchev–Trinajstić information content (AvgIpc) is 2.90. The summed E-state index contributed by atoms with van der Waals surface area (Å²) in [7, 11) is 0. The highest BCUT2D eigenvalue weighted by Crippen LogP contribution is 2.04. The molecule has 1 aliphatic heterocycles. The zero-order valence-corrected chi connectivity index (χ0v) is 14.9. The summed E-state index contributed by atoms with van der Waals surface area (Å²) in [5, 5.41) is 0. The third-order valence-electron chi connectivity index (χ3n) is 2.63. The Kier molecular flexibility index (Phi) is 17.4. The van der Waals surface area contributed by atoms with Crippen molar-refractivity contribution < 1.29 is 0 Å². The lowest BCUT2D eigenvalue weighted by molar-refractivity contribution is 0.359. The molecule has 0 aromatic rings. The van der Waals surface area contributed by atoms with Crippen LogP contribution in [0.5, 0.6) is 0 Å². The molecule has 0 unspecified atom stereocenters. The van der Waals surface area contributed by atoms with Crippen molar-refractivity contribution >= 4 is 0 Å². The largest absolute Gasteiger partial charge is 0.304 e. The van der Waals surface area contributed by atoms with Gasteiger partial charge in [-0.1, -0.05) is 63.6 Å². The number of likely N-dealkylation sites (tertiary alicyclic amines) is 1. The van der Waals surface area contributed by atoms with Crippen molar-refractivity contribution in [3.05, 3.63) is 36.0 Å². The molecule has 1 rings (SSSR count). The molecule has 0 radical (unpaired) electrons. The molecule has 1 saturated heterocycles. The van der Waals surface area contributed by atoms with E-state index in [1.54, 1.807) is 0 Å². The van der Waals surface area contributed by atoms with Crippen molar-refractivity contribution in [1.29, 1.82) is 0 Å². The Morgan fingerprint density at radius 2 is 1.55 bits per heavy atom. The molecule has 1 heterocycles. The van der Waals surface area contributed by atoms with Gasteiger partial charge in [0.05, 0.1) is 0 Å². The Labute approximate surface area is 128 Å². The number of rotatable bonds is 3. The van der Waals surface area contributed by atoms with E-state index in [2.05, 4.69) is 51.7 Å². The monoisotopic (exact) mass is 279 g/mol. The molecule has 0 bridgehead atoms. The molecule has 20 heavy (non-hydrogen) atoms. The van der Waals surface area contributed by atoms with Crippen molar-refractivity contribution in [1.82, 2.24) is 4.90 Å². The van der Waals surface area contributed by atoms with Crippen LogP contribution < -0.4 is 0 Å². The third kappa shape index (κ3) is 19.5. The lowest BCUT2D eigenvalue weighted by Gasteiger charge is -2.08. The molecule has 0 aromatic carbocycles. The Bertz CT molecular complexity index is 263. The molecule has 1 fully saturated rings. The zero-order chi connectivity index (χ0) is 15.8. The summed E-state index contributed by atoms with van der Waals surface area (Å²) >= 11 is 0. The lowest BCUT2D eigenvalue weighted by atomic mass is 10.2. The second kappa shape index (κ2) is 16.2. The van der Waals surface area contributed by atoms with Gasteiger partial charge in [0.25, 0.3) is 0 Å². The van der Waals surface area contributed by atoms with Gasteiger partial charge in [-0.15, -0.1) is 0 Å². The lowest BCUT2D eigenvalue weighted by Crippen LogP contribution is -2.17. The van der Waals surface area contributed by atoms with E-state index in [1.165, 1.54) is 38.0 Å². The van der Waals surface area contributed by atoms with Gasteiger partial charge >= 0.3 is 0 Å². The van der Waals surface area contributed by atoms with Crippen molar-refractivity contribution in [2.24, 2.45) is 5.92 Å². The topological polar surface area (TPSA) is 3.24 Å². The van der Waals surface area contributed by atoms with Gasteiger partial charge in [0.15, 0.2) is 0 Å². The summed E-state index contributed by atoms with van der Waals surface area (Å²) in [5.41, 5.74) is 1.29. The van der Waals surface area contributed by atoms with Crippen LogP contribution in [-0.4, -0.2) is 24.5 Å². The average molecular weight is 280 g/mol. The van der Waals surface area contributed by atoms with Crippen LogP contribution in [0.2, 0.25) is 0 Å². The van der Waals surface area contributed by atoms with E-state index in [1.807, 2.05) is 32.1 Å². The molecule has 1 aliphatic rings. The highest BCUT2D eigenvalue weighted by molar-refractivity contribution is 5.20. The second-order valence-electron chi connectivity index (χ2n) is 5.81. The quantitative estimate of drug-likeness (QED) is 0.586. The van der Waals surface area contributed by atoms with E-state index < -0.39 is 0 Å². The first-order valence-corrected chi connectivity index (χ1v) is 8.12. The van der Waals surface area contributed by atoms with Crippen LogP contribution in [-0.2, 0) is 0 Å². The van der Waals surface area contributed by atoms with E-state index in [-0.39, 0.29) is 0 Å². The van der Waals surface area contributed by atoms with Crippen LogP contribution in [0.25, 0.3) is 0 Å². The maximum Gasteiger partial charge on any atom is -0.00184 e. The minimum atomic E-state index is 0.833. The van der Waals surface area contributed by atoms with Crippen LogP contribution in [0.15, 0.2) is 36.0 Å². The molecule has 1 nitrogen and oxygen atoms in total. The molecule has 0 aliphatic carbocycles. The first kappa shape index (κ1) is 21.5. The smallest absolute Gasteiger partial charge is 0.00184 e. The van der Waals surface area contributed by atoms with Gasteiger partial charge in [-0.05, 0) is 59.2 Å². The summed E-state index contributed by atoms with van der Waals surface area (Å²) in [4.78, 5) is 2.49. The summed E-state index contributed by atoms with van der Waals surface area (Å²) in [6.45, 7) is 18.8. The van der Waals surface area contributed by atoms with Crippen molar-refractivity contribution in [3.63, 3.8) is 0 Å². The van der Waals surface area contributed by atoms with E-state index in [9.17, 15) is 0 Å². The van der Waals surface area contributed by atoms with E-state index in [0.29, 0.717) is 0 Å². The van der Waals surface area contributed by atoms with Crippen LogP contribution in [0.4, 0.5) is 0 Å². The summed E-state index contributed by atoms with van der Waals surface area (Å²) in [6, 6.07) is 0. The molecule has 0 saturated carbocycles. The van der Waals surface area contributed by atoms with Crippen LogP contribution in [0.1, 0.15) is 61.3 Å². The van der Waals surface area contributed by atoms with Crippen LogP contribution in [0, 0.1) is 5.92 Å². The molecule has 0 amide bonds. The Balaban J connectivity index is 0. The normalized spacial score (nSPS) is 16.3. The maximum absolute atomic E-state index is 2.49. The SMILES string of the molecule is CC(C)C.CCN1CCCC1.C\C=C/C=C(C)\C=C/C. The van der Waals surface area contributed by atoms with Gasteiger partial charge in [-0.25, -0.2) is 0 Å². The fourth-order valence-electron chi connectivity index (χ4n) is 1.67. The summed E-state index contributed by atoms with van der Waals surface area (Å²) < 4.78 is 0. The maximum atomic E-state index is 2.49. The first-order valence-electron chi connectivity index (χ1n) is 8.12. The number of nitrogens with zero attached hydrogens (tertiary/aromatic N) is 1. The minimum absolute atomic E-state index is 0.833. The van der Waals surface area contributed by atoms with Gasteiger partial charge in [0, 0.05) is 0 Å². The number of allylic oxidation sites excluding steroid dienone is 6. The highest BCUT2D eigenvalue weighted by Gasteiger charge is 2.06. The van der Waals surface area contributed by atoms with E-state index >= 15 is 0 Å². The summed E-state index contributed by atoms with van der Waals surface area (Å²) in [5.74, 6) is 0.833. The van der Waals surface area contributed by atoms with Crippen LogP contribution in [0.3, 0.4) is 0 Å². The van der Waals surface area contributed by atoms with Gasteiger partial charge in [0.1, 0.15) is 0 Å². The summed E-state index contributed by atoms with van der Waals surface area (Å²) in [6.07, 6.45) is 13.1. The third-order valence-corrected chi connectivity index (χ3v) is 2.63. The fourth-order valence-corrected chi connectivity index (χ4v) is 1.67. The molecule has 118 valence electrons. The molecular formula is C19H37N.